The smallest absolute Gasteiger partial charge is 0.319 e. The monoisotopic (exact) mass is 283 g/mol. The highest BCUT2D eigenvalue weighted by Crippen LogP contribution is 2.15. The van der Waals surface area contributed by atoms with E-state index in [1.807, 2.05) is 16.8 Å². The molecule has 0 unspecified atom stereocenters. The van der Waals surface area contributed by atoms with Crippen LogP contribution in [-0.4, -0.2) is 49.3 Å². The van der Waals surface area contributed by atoms with Gasteiger partial charge in [-0.25, -0.2) is 4.79 Å². The minimum Gasteiger partial charge on any atom is -0.379 e. The number of ether oxygens (including phenoxy) is 1. The molecule has 0 radical (unpaired) electrons. The predicted octanol–water partition coefficient (Wildman–Crippen LogP) is 1.98. The highest BCUT2D eigenvalue weighted by molar-refractivity contribution is 7.08. The van der Waals surface area contributed by atoms with Crippen molar-refractivity contribution in [3.63, 3.8) is 0 Å². The summed E-state index contributed by atoms with van der Waals surface area (Å²) in [4.78, 5) is 14.1. The molecule has 19 heavy (non-hydrogen) atoms. The molecule has 0 aliphatic carbocycles. The molecule has 1 aliphatic rings. The molecular weight excluding hydrogens is 262 g/mol. The van der Waals surface area contributed by atoms with Crippen molar-refractivity contribution >= 4 is 23.1 Å². The minimum absolute atomic E-state index is 0.0598. The van der Waals surface area contributed by atoms with Gasteiger partial charge in [0.25, 0.3) is 0 Å². The number of amides is 2. The number of carbonyl (C=O) groups excluding carboxylic acids is 1. The van der Waals surface area contributed by atoms with E-state index in [1.165, 1.54) is 0 Å². The van der Waals surface area contributed by atoms with Gasteiger partial charge in [-0.05, 0) is 25.3 Å². The second kappa shape index (κ2) is 6.36. The first-order valence-corrected chi connectivity index (χ1v) is 7.42. The molecule has 1 fully saturated rings. The Kier molecular flexibility index (Phi) is 4.79. The van der Waals surface area contributed by atoms with Crippen LogP contribution in [0.4, 0.5) is 10.5 Å². The molecule has 5 nitrogen and oxygen atoms in total. The highest BCUT2D eigenvalue weighted by atomic mass is 32.1. The van der Waals surface area contributed by atoms with Crippen molar-refractivity contribution in [3.8, 4) is 0 Å². The normalized spacial score (nSPS) is 17.2. The van der Waals surface area contributed by atoms with Gasteiger partial charge >= 0.3 is 6.03 Å². The Bertz CT molecular complexity index is 400. The molecule has 0 saturated carbocycles. The molecule has 2 rings (SSSR count). The fourth-order valence-corrected chi connectivity index (χ4v) is 2.68. The van der Waals surface area contributed by atoms with Crippen molar-refractivity contribution in [1.82, 2.24) is 10.2 Å². The Hall–Kier alpha value is -1.11. The van der Waals surface area contributed by atoms with Gasteiger partial charge in [0.2, 0.25) is 0 Å². The van der Waals surface area contributed by atoms with E-state index in [0.29, 0.717) is 6.54 Å². The molecule has 0 aromatic carbocycles. The number of anilines is 1. The van der Waals surface area contributed by atoms with Crippen LogP contribution in [-0.2, 0) is 4.74 Å². The lowest BCUT2D eigenvalue weighted by Gasteiger charge is -2.40. The molecular formula is C13H21N3O2S. The van der Waals surface area contributed by atoms with Gasteiger partial charge in [-0.1, -0.05) is 0 Å². The second-order valence-electron chi connectivity index (χ2n) is 5.23. The Morgan fingerprint density at radius 1 is 1.47 bits per heavy atom. The van der Waals surface area contributed by atoms with Crippen LogP contribution in [0.2, 0.25) is 0 Å². The third kappa shape index (κ3) is 4.19. The topological polar surface area (TPSA) is 53.6 Å². The molecule has 0 bridgehead atoms. The lowest BCUT2D eigenvalue weighted by atomic mass is 10.0. The predicted molar refractivity (Wildman–Crippen MR) is 77.8 cm³/mol. The lowest BCUT2D eigenvalue weighted by Crippen LogP contribution is -2.55. The number of morpholine rings is 1. The molecule has 2 amide bonds. The minimum atomic E-state index is -0.153. The summed E-state index contributed by atoms with van der Waals surface area (Å²) in [5.74, 6) is 0. The molecule has 1 aromatic rings. The molecule has 1 saturated heterocycles. The first kappa shape index (κ1) is 14.3. The number of nitrogens with zero attached hydrogens (tertiary/aromatic N) is 1. The number of nitrogens with one attached hydrogen (secondary N) is 2. The summed E-state index contributed by atoms with van der Waals surface area (Å²) in [5, 5.41) is 9.59. The van der Waals surface area contributed by atoms with Crippen LogP contribution >= 0.6 is 11.3 Å². The maximum Gasteiger partial charge on any atom is 0.319 e. The van der Waals surface area contributed by atoms with Crippen LogP contribution in [0, 0.1) is 0 Å². The molecule has 0 spiro atoms. The van der Waals surface area contributed by atoms with Crippen molar-refractivity contribution in [2.45, 2.75) is 19.4 Å². The SMILES string of the molecule is CC(C)(CNC(=O)Nc1ccsc1)N1CCOCC1. The van der Waals surface area contributed by atoms with Crippen molar-refractivity contribution in [1.29, 1.82) is 0 Å². The van der Waals surface area contributed by atoms with E-state index >= 15 is 0 Å². The zero-order valence-electron chi connectivity index (χ0n) is 11.4. The van der Waals surface area contributed by atoms with Crippen LogP contribution in [0.1, 0.15) is 13.8 Å². The van der Waals surface area contributed by atoms with Gasteiger partial charge < -0.3 is 15.4 Å². The van der Waals surface area contributed by atoms with Crippen LogP contribution in [0.5, 0.6) is 0 Å². The largest absolute Gasteiger partial charge is 0.379 e. The standard InChI is InChI=1S/C13H21N3O2S/c1-13(2,16-4-6-18-7-5-16)10-14-12(17)15-11-3-8-19-9-11/h3,8-9H,4-7,10H2,1-2H3,(H2,14,15,17). The number of hydrogen-bond donors (Lipinski definition) is 2. The average molecular weight is 283 g/mol. The van der Waals surface area contributed by atoms with Crippen molar-refractivity contribution in [3.05, 3.63) is 16.8 Å². The highest BCUT2D eigenvalue weighted by Gasteiger charge is 2.28. The van der Waals surface area contributed by atoms with Gasteiger partial charge in [0.1, 0.15) is 0 Å². The van der Waals surface area contributed by atoms with E-state index in [4.69, 9.17) is 4.74 Å². The molecule has 2 N–H and O–H groups in total. The van der Waals surface area contributed by atoms with Gasteiger partial charge in [-0.3, -0.25) is 4.90 Å². The molecule has 2 heterocycles. The molecule has 6 heteroatoms. The van der Waals surface area contributed by atoms with Crippen LogP contribution in [0.3, 0.4) is 0 Å². The number of rotatable bonds is 4. The quantitative estimate of drug-likeness (QED) is 0.888. The number of thiophene rings is 1. The molecule has 0 atom stereocenters. The molecule has 106 valence electrons. The molecule has 1 aliphatic heterocycles. The fraction of sp³-hybridized carbons (Fsp3) is 0.615. The van der Waals surface area contributed by atoms with Gasteiger partial charge in [-0.15, -0.1) is 0 Å². The van der Waals surface area contributed by atoms with Crippen LogP contribution in [0.25, 0.3) is 0 Å². The first-order valence-electron chi connectivity index (χ1n) is 6.48. The van der Waals surface area contributed by atoms with Crippen LogP contribution in [0.15, 0.2) is 16.8 Å². The van der Waals surface area contributed by atoms with E-state index in [9.17, 15) is 4.79 Å². The third-order valence-corrected chi connectivity index (χ3v) is 4.01. The van der Waals surface area contributed by atoms with E-state index in [-0.39, 0.29) is 11.6 Å². The zero-order chi connectivity index (χ0) is 13.7. The van der Waals surface area contributed by atoms with Crippen molar-refractivity contribution in [2.24, 2.45) is 0 Å². The summed E-state index contributed by atoms with van der Waals surface area (Å²) in [6, 6.07) is 1.73. The van der Waals surface area contributed by atoms with Gasteiger partial charge in [-0.2, -0.15) is 11.3 Å². The second-order valence-corrected chi connectivity index (χ2v) is 6.01. The van der Waals surface area contributed by atoms with E-state index in [2.05, 4.69) is 29.4 Å². The van der Waals surface area contributed by atoms with E-state index in [0.717, 1.165) is 32.0 Å². The van der Waals surface area contributed by atoms with Gasteiger partial charge in [0.15, 0.2) is 0 Å². The summed E-state index contributed by atoms with van der Waals surface area (Å²) < 4.78 is 5.35. The number of hydrogen-bond acceptors (Lipinski definition) is 4. The first-order chi connectivity index (χ1) is 9.08. The van der Waals surface area contributed by atoms with Gasteiger partial charge in [0, 0.05) is 30.6 Å². The summed E-state index contributed by atoms with van der Waals surface area (Å²) in [5.41, 5.74) is 0.780. The molecule has 1 aromatic heterocycles. The van der Waals surface area contributed by atoms with Gasteiger partial charge in [0.05, 0.1) is 18.9 Å². The summed E-state index contributed by atoms with van der Waals surface area (Å²) in [6.45, 7) is 8.27. The Balaban J connectivity index is 1.78. The summed E-state index contributed by atoms with van der Waals surface area (Å²) in [7, 11) is 0. The Morgan fingerprint density at radius 2 is 2.21 bits per heavy atom. The number of carbonyl (C=O) groups is 1. The lowest BCUT2D eigenvalue weighted by molar-refractivity contribution is -0.00863. The fourth-order valence-electron chi connectivity index (χ4n) is 2.09. The zero-order valence-corrected chi connectivity index (χ0v) is 12.3. The van der Waals surface area contributed by atoms with E-state index < -0.39 is 0 Å². The maximum atomic E-state index is 11.8. The Morgan fingerprint density at radius 3 is 2.84 bits per heavy atom. The van der Waals surface area contributed by atoms with Crippen LogP contribution < -0.4 is 10.6 Å². The third-order valence-electron chi connectivity index (χ3n) is 3.33. The number of urea groups is 1. The van der Waals surface area contributed by atoms with E-state index in [1.54, 1.807) is 11.3 Å². The maximum absolute atomic E-state index is 11.8. The van der Waals surface area contributed by atoms with Crippen molar-refractivity contribution < 1.29 is 9.53 Å². The average Bonchev–Trinajstić information content (AvgIpc) is 2.90. The Labute approximate surface area is 117 Å². The summed E-state index contributed by atoms with van der Waals surface area (Å²) in [6.07, 6.45) is 0. The summed E-state index contributed by atoms with van der Waals surface area (Å²) >= 11 is 1.56. The van der Waals surface area contributed by atoms with Crippen molar-refractivity contribution in [2.75, 3.05) is 38.2 Å².